The van der Waals surface area contributed by atoms with Gasteiger partial charge < -0.3 is 15.5 Å². The summed E-state index contributed by atoms with van der Waals surface area (Å²) in [7, 11) is 0. The van der Waals surface area contributed by atoms with Crippen LogP contribution >= 0.6 is 0 Å². The van der Waals surface area contributed by atoms with Gasteiger partial charge in [-0.1, -0.05) is 36.8 Å². The Bertz CT molecular complexity index is 952. The zero-order chi connectivity index (χ0) is 22.4. The van der Waals surface area contributed by atoms with Crippen molar-refractivity contribution in [2.75, 3.05) is 13.1 Å². The Morgan fingerprint density at radius 1 is 1.23 bits per heavy atom. The molecule has 0 radical (unpaired) electrons. The lowest BCUT2D eigenvalue weighted by molar-refractivity contribution is -0.121. The zero-order valence-electron chi connectivity index (χ0n) is 18.5. The number of hydrogen-bond donors (Lipinski definition) is 2. The maximum atomic E-state index is 13.1. The molecule has 1 aromatic carbocycles. The van der Waals surface area contributed by atoms with Crippen LogP contribution in [0.2, 0.25) is 0 Å². The van der Waals surface area contributed by atoms with E-state index in [-0.39, 0.29) is 42.4 Å². The third-order valence-electron chi connectivity index (χ3n) is 5.43. The third-order valence-corrected chi connectivity index (χ3v) is 5.43. The Morgan fingerprint density at radius 3 is 2.77 bits per heavy atom. The molecule has 0 bridgehead atoms. The molecule has 31 heavy (non-hydrogen) atoms. The summed E-state index contributed by atoms with van der Waals surface area (Å²) in [4.78, 5) is 39.2. The fraction of sp³-hybridized carbons (Fsp3) is 0.478. The first-order valence-electron chi connectivity index (χ1n) is 10.9. The van der Waals surface area contributed by atoms with Gasteiger partial charge in [-0.15, -0.1) is 0 Å². The van der Waals surface area contributed by atoms with E-state index >= 15 is 0 Å². The van der Waals surface area contributed by atoms with Gasteiger partial charge in [0.05, 0.1) is 0 Å². The van der Waals surface area contributed by atoms with Crippen LogP contribution in [0.3, 0.4) is 0 Å². The van der Waals surface area contributed by atoms with Crippen molar-refractivity contribution in [3.05, 3.63) is 52.8 Å². The van der Waals surface area contributed by atoms with E-state index in [1.807, 2.05) is 39.0 Å². The smallest absolute Gasteiger partial charge is 0.272 e. The number of carbonyl (C=O) groups is 3. The number of amides is 3. The Balaban J connectivity index is 1.61. The van der Waals surface area contributed by atoms with Crippen molar-refractivity contribution in [2.24, 2.45) is 0 Å². The van der Waals surface area contributed by atoms with Gasteiger partial charge in [0.15, 0.2) is 5.69 Å². The molecule has 0 saturated carbocycles. The molecule has 1 aliphatic heterocycles. The minimum atomic E-state index is -0.380. The number of benzene rings is 1. The van der Waals surface area contributed by atoms with E-state index in [1.165, 1.54) is 0 Å². The Hall–Kier alpha value is -3.16. The van der Waals surface area contributed by atoms with Gasteiger partial charge in [-0.25, -0.2) is 0 Å². The molecule has 2 N–H and O–H groups in total. The summed E-state index contributed by atoms with van der Waals surface area (Å²) >= 11 is 0. The molecule has 166 valence electrons. The second-order valence-corrected chi connectivity index (χ2v) is 8.09. The number of carbonyl (C=O) groups excluding carboxylic acids is 3. The van der Waals surface area contributed by atoms with Gasteiger partial charge in [0, 0.05) is 44.7 Å². The fourth-order valence-corrected chi connectivity index (χ4v) is 3.56. The van der Waals surface area contributed by atoms with Crippen molar-refractivity contribution in [2.45, 2.75) is 59.2 Å². The van der Waals surface area contributed by atoms with Gasteiger partial charge in [-0.05, 0) is 32.3 Å². The first-order chi connectivity index (χ1) is 14.9. The van der Waals surface area contributed by atoms with Crippen LogP contribution in [0.25, 0.3) is 0 Å². The van der Waals surface area contributed by atoms with Crippen LogP contribution in [-0.2, 0) is 17.9 Å². The molecule has 2 aromatic rings. The highest BCUT2D eigenvalue weighted by Crippen LogP contribution is 2.17. The predicted octanol–water partition coefficient (Wildman–Crippen LogP) is 2.27. The van der Waals surface area contributed by atoms with E-state index in [0.29, 0.717) is 25.3 Å². The summed E-state index contributed by atoms with van der Waals surface area (Å²) in [5.41, 5.74) is 2.85. The molecule has 0 fully saturated rings. The molecular weight excluding hydrogens is 394 g/mol. The first kappa shape index (κ1) is 22.5. The second-order valence-electron chi connectivity index (χ2n) is 8.09. The normalized spacial score (nSPS) is 14.5. The van der Waals surface area contributed by atoms with E-state index in [9.17, 15) is 14.4 Å². The summed E-state index contributed by atoms with van der Waals surface area (Å²) in [6, 6.07) is 9.77. The summed E-state index contributed by atoms with van der Waals surface area (Å²) < 4.78 is 1.61. The molecule has 0 spiro atoms. The van der Waals surface area contributed by atoms with E-state index in [2.05, 4.69) is 21.8 Å². The highest BCUT2D eigenvalue weighted by atomic mass is 16.2. The third kappa shape index (κ3) is 5.93. The highest BCUT2D eigenvalue weighted by Gasteiger charge is 2.26. The molecule has 2 heterocycles. The van der Waals surface area contributed by atoms with Crippen molar-refractivity contribution in [3.63, 3.8) is 0 Å². The topological polar surface area (TPSA) is 96.3 Å². The van der Waals surface area contributed by atoms with Crippen LogP contribution < -0.4 is 10.6 Å². The molecule has 1 aliphatic rings. The van der Waals surface area contributed by atoms with Crippen molar-refractivity contribution in [3.8, 4) is 0 Å². The predicted molar refractivity (Wildman–Crippen MR) is 118 cm³/mol. The van der Waals surface area contributed by atoms with Gasteiger partial charge in [0.2, 0.25) is 5.91 Å². The molecule has 1 atom stereocenters. The minimum absolute atomic E-state index is 0.0998. The van der Waals surface area contributed by atoms with Crippen LogP contribution in [0.4, 0.5) is 0 Å². The first-order valence-corrected chi connectivity index (χ1v) is 10.9. The summed E-state index contributed by atoms with van der Waals surface area (Å²) in [6.45, 7) is 7.93. The van der Waals surface area contributed by atoms with E-state index in [4.69, 9.17) is 0 Å². The monoisotopic (exact) mass is 425 g/mol. The lowest BCUT2D eigenvalue weighted by Gasteiger charge is -2.20. The summed E-state index contributed by atoms with van der Waals surface area (Å²) in [5, 5.41) is 9.91. The number of fused-ring (bicyclic) bond motifs is 1. The lowest BCUT2D eigenvalue weighted by atomic mass is 10.1. The molecular formula is C23H31N5O3. The molecule has 8 heteroatoms. The van der Waals surface area contributed by atoms with Gasteiger partial charge in [0.25, 0.3) is 11.8 Å². The van der Waals surface area contributed by atoms with E-state index < -0.39 is 0 Å². The second kappa shape index (κ2) is 10.2. The van der Waals surface area contributed by atoms with Crippen molar-refractivity contribution in [1.82, 2.24) is 25.3 Å². The number of rotatable bonds is 8. The SMILES string of the molecule is CCC(C)NC(=O)CCNC(=O)c1cc2n(n1)CCCN(Cc1cccc(C)c1)C2=O. The van der Waals surface area contributed by atoms with Gasteiger partial charge in [0.1, 0.15) is 5.69 Å². The van der Waals surface area contributed by atoms with Crippen molar-refractivity contribution < 1.29 is 14.4 Å². The fourth-order valence-electron chi connectivity index (χ4n) is 3.56. The number of nitrogens with one attached hydrogen (secondary N) is 2. The average Bonchev–Trinajstić information content (AvgIpc) is 3.11. The van der Waals surface area contributed by atoms with E-state index in [1.54, 1.807) is 15.6 Å². The Morgan fingerprint density at radius 2 is 2.03 bits per heavy atom. The standard InChI is InChI=1S/C23H31N5O3/c1-4-17(3)25-21(29)9-10-24-22(30)19-14-20-23(31)27(11-6-12-28(20)26-19)15-18-8-5-7-16(2)13-18/h5,7-8,13-14,17H,4,6,9-12,15H2,1-3H3,(H,24,30)(H,25,29). The van der Waals surface area contributed by atoms with Crippen LogP contribution in [0, 0.1) is 6.92 Å². The molecule has 0 saturated heterocycles. The average molecular weight is 426 g/mol. The number of nitrogens with zero attached hydrogens (tertiary/aromatic N) is 3. The summed E-state index contributed by atoms with van der Waals surface area (Å²) in [5.74, 6) is -0.606. The maximum Gasteiger partial charge on any atom is 0.272 e. The van der Waals surface area contributed by atoms with E-state index in [0.717, 1.165) is 24.0 Å². The number of aromatic nitrogens is 2. The highest BCUT2D eigenvalue weighted by molar-refractivity contribution is 5.98. The molecule has 3 rings (SSSR count). The molecule has 1 unspecified atom stereocenters. The molecule has 8 nitrogen and oxygen atoms in total. The van der Waals surface area contributed by atoms with Crippen LogP contribution in [0.5, 0.6) is 0 Å². The maximum absolute atomic E-state index is 13.1. The van der Waals surface area contributed by atoms with Gasteiger partial charge >= 0.3 is 0 Å². The van der Waals surface area contributed by atoms with Crippen LogP contribution in [0.15, 0.2) is 30.3 Å². The summed E-state index contributed by atoms with van der Waals surface area (Å²) in [6.07, 6.45) is 1.82. The molecule has 0 aliphatic carbocycles. The lowest BCUT2D eigenvalue weighted by Crippen LogP contribution is -2.35. The van der Waals surface area contributed by atoms with Gasteiger partial charge in [-0.3, -0.25) is 19.1 Å². The molecule has 3 amide bonds. The number of hydrogen-bond acceptors (Lipinski definition) is 4. The minimum Gasteiger partial charge on any atom is -0.354 e. The zero-order valence-corrected chi connectivity index (χ0v) is 18.5. The number of aryl methyl sites for hydroxylation is 2. The largest absolute Gasteiger partial charge is 0.354 e. The van der Waals surface area contributed by atoms with Crippen LogP contribution in [-0.4, -0.2) is 51.5 Å². The molecule has 1 aromatic heterocycles. The Labute approximate surface area is 183 Å². The van der Waals surface area contributed by atoms with Crippen LogP contribution in [0.1, 0.15) is 65.2 Å². The quantitative estimate of drug-likeness (QED) is 0.678. The van der Waals surface area contributed by atoms with Crippen molar-refractivity contribution >= 4 is 17.7 Å². The van der Waals surface area contributed by atoms with Gasteiger partial charge in [-0.2, -0.15) is 5.10 Å². The van der Waals surface area contributed by atoms with Crippen molar-refractivity contribution in [1.29, 1.82) is 0 Å². The Kier molecular flexibility index (Phi) is 7.44.